The average Bonchev–Trinajstić information content (AvgIpc) is 2.10. The van der Waals surface area contributed by atoms with Crippen molar-refractivity contribution >= 4 is 23.5 Å². The number of hydrogen-bond donors (Lipinski definition) is 1. The van der Waals surface area contributed by atoms with E-state index in [-0.39, 0.29) is 5.75 Å². The van der Waals surface area contributed by atoms with Crippen molar-refractivity contribution in [3.8, 4) is 5.75 Å². The molecule has 1 rings (SSSR count). The minimum atomic E-state index is -4.90. The summed E-state index contributed by atoms with van der Waals surface area (Å²) in [5.74, 6) is -0.0684. The summed E-state index contributed by atoms with van der Waals surface area (Å²) >= 11 is 3.03. The smallest absolute Gasteiger partial charge is 0.420 e. The molecule has 0 aliphatic heterocycles. The minimum Gasteiger partial charge on any atom is -0.420 e. The molecular formula is C8H8BrF2O3P. The molecule has 0 spiro atoms. The maximum Gasteiger partial charge on any atom is 0.442 e. The fraction of sp³-hybridized carbons (Fsp3) is 0.250. The van der Waals surface area contributed by atoms with E-state index in [1.165, 1.54) is 6.07 Å². The molecule has 1 unspecified atom stereocenters. The van der Waals surface area contributed by atoms with Crippen molar-refractivity contribution in [2.75, 3.05) is 0 Å². The quantitative estimate of drug-likeness (QED) is 0.869. The van der Waals surface area contributed by atoms with E-state index in [1.807, 2.05) is 0 Å². The summed E-state index contributed by atoms with van der Waals surface area (Å²) in [6.07, 6.45) is -3.41. The maximum absolute atomic E-state index is 12.1. The Morgan fingerprint density at radius 3 is 2.67 bits per heavy atom. The van der Waals surface area contributed by atoms with Crippen molar-refractivity contribution in [3.05, 3.63) is 28.2 Å². The SMILES string of the molecule is Cc1ccc(Br)c(OP(=O)(O)C(F)F)c1. The number of rotatable bonds is 3. The third kappa shape index (κ3) is 3.26. The van der Waals surface area contributed by atoms with Crippen LogP contribution in [0, 0.1) is 6.92 Å². The maximum atomic E-state index is 12.1. The number of benzene rings is 1. The minimum absolute atomic E-state index is 0.0684. The molecule has 0 amide bonds. The third-order valence-electron chi connectivity index (χ3n) is 1.56. The molecule has 7 heteroatoms. The summed E-state index contributed by atoms with van der Waals surface area (Å²) in [5.41, 5.74) is 0.738. The standard InChI is InChI=1S/C8H8BrF2O3P/c1-5-2-3-6(9)7(4-5)14-15(12,13)8(10)11/h2-4,8H,1H3,(H,12,13). The van der Waals surface area contributed by atoms with Gasteiger partial charge in [-0.25, -0.2) is 4.57 Å². The second-order valence-electron chi connectivity index (χ2n) is 2.87. The van der Waals surface area contributed by atoms with Crippen molar-refractivity contribution in [2.45, 2.75) is 13.1 Å². The van der Waals surface area contributed by atoms with E-state index >= 15 is 0 Å². The summed E-state index contributed by atoms with van der Waals surface area (Å²) in [5, 5.41) is 0. The van der Waals surface area contributed by atoms with Crippen molar-refractivity contribution in [1.82, 2.24) is 0 Å². The van der Waals surface area contributed by atoms with E-state index in [4.69, 9.17) is 4.89 Å². The predicted molar refractivity (Wildman–Crippen MR) is 55.3 cm³/mol. The largest absolute Gasteiger partial charge is 0.442 e. The molecule has 1 atom stereocenters. The molecule has 0 radical (unpaired) electrons. The molecular weight excluding hydrogens is 293 g/mol. The second-order valence-corrected chi connectivity index (χ2v) is 5.42. The Morgan fingerprint density at radius 1 is 1.53 bits per heavy atom. The van der Waals surface area contributed by atoms with E-state index in [0.717, 1.165) is 5.56 Å². The molecule has 3 nitrogen and oxygen atoms in total. The number of aryl methyl sites for hydroxylation is 1. The van der Waals surface area contributed by atoms with Gasteiger partial charge < -0.3 is 9.42 Å². The molecule has 84 valence electrons. The van der Waals surface area contributed by atoms with Gasteiger partial charge in [0.15, 0.2) is 0 Å². The molecule has 0 aromatic heterocycles. The normalized spacial score (nSPS) is 15.1. The molecule has 0 fully saturated rings. The van der Waals surface area contributed by atoms with Crippen molar-refractivity contribution in [2.24, 2.45) is 0 Å². The Bertz CT molecular complexity index is 411. The lowest BCUT2D eigenvalue weighted by Gasteiger charge is -2.13. The van der Waals surface area contributed by atoms with Crippen LogP contribution in [0.4, 0.5) is 8.78 Å². The van der Waals surface area contributed by atoms with Gasteiger partial charge in [0.1, 0.15) is 5.75 Å². The van der Waals surface area contributed by atoms with Crippen LogP contribution in [0.1, 0.15) is 5.56 Å². The summed E-state index contributed by atoms with van der Waals surface area (Å²) in [6.45, 7) is 1.71. The molecule has 1 aromatic rings. The van der Waals surface area contributed by atoms with E-state index in [9.17, 15) is 13.3 Å². The van der Waals surface area contributed by atoms with Crippen molar-refractivity contribution < 1.29 is 22.8 Å². The third-order valence-corrected chi connectivity index (χ3v) is 3.17. The van der Waals surface area contributed by atoms with Gasteiger partial charge in [-0.2, -0.15) is 8.78 Å². The Balaban J connectivity index is 2.99. The number of halogens is 3. The first-order valence-electron chi connectivity index (χ1n) is 3.89. The summed E-state index contributed by atoms with van der Waals surface area (Å²) in [4.78, 5) is 8.82. The molecule has 0 saturated carbocycles. The van der Waals surface area contributed by atoms with Crippen LogP contribution >= 0.6 is 23.5 Å². The number of alkyl halides is 2. The monoisotopic (exact) mass is 300 g/mol. The van der Waals surface area contributed by atoms with Crippen LogP contribution in [0.15, 0.2) is 22.7 Å². The molecule has 15 heavy (non-hydrogen) atoms. The van der Waals surface area contributed by atoms with Crippen molar-refractivity contribution in [1.29, 1.82) is 0 Å². The van der Waals surface area contributed by atoms with Gasteiger partial charge in [0, 0.05) is 0 Å². The van der Waals surface area contributed by atoms with Crippen molar-refractivity contribution in [3.63, 3.8) is 0 Å². The topological polar surface area (TPSA) is 46.5 Å². The van der Waals surface area contributed by atoms with Crippen LogP contribution in [0.2, 0.25) is 0 Å². The van der Waals surface area contributed by atoms with E-state index in [2.05, 4.69) is 20.5 Å². The zero-order valence-corrected chi connectivity index (χ0v) is 10.1. The highest BCUT2D eigenvalue weighted by molar-refractivity contribution is 9.10. The first kappa shape index (κ1) is 12.6. The Kier molecular flexibility index (Phi) is 3.87. The lowest BCUT2D eigenvalue weighted by Crippen LogP contribution is -2.01. The highest BCUT2D eigenvalue weighted by Gasteiger charge is 2.34. The van der Waals surface area contributed by atoms with E-state index in [1.54, 1.807) is 19.1 Å². The lowest BCUT2D eigenvalue weighted by molar-refractivity contribution is 0.188. The summed E-state index contributed by atoms with van der Waals surface area (Å²) < 4.78 is 39.8. The highest BCUT2D eigenvalue weighted by Crippen LogP contribution is 2.50. The van der Waals surface area contributed by atoms with Crippen LogP contribution in [-0.2, 0) is 4.57 Å². The Hall–Kier alpha value is -0.450. The highest BCUT2D eigenvalue weighted by atomic mass is 79.9. The van der Waals surface area contributed by atoms with Gasteiger partial charge in [-0.05, 0) is 40.5 Å². The van der Waals surface area contributed by atoms with Gasteiger partial charge in [-0.15, -0.1) is 0 Å². The summed E-state index contributed by atoms with van der Waals surface area (Å²) in [6, 6.07) is 4.66. The van der Waals surface area contributed by atoms with Crippen LogP contribution in [0.3, 0.4) is 0 Å². The second kappa shape index (κ2) is 4.60. The lowest BCUT2D eigenvalue weighted by atomic mass is 10.2. The number of hydrogen-bond acceptors (Lipinski definition) is 2. The Labute approximate surface area is 93.7 Å². The van der Waals surface area contributed by atoms with Gasteiger partial charge in [-0.1, -0.05) is 6.07 Å². The molecule has 0 aliphatic rings. The van der Waals surface area contributed by atoms with Gasteiger partial charge in [0.2, 0.25) is 0 Å². The van der Waals surface area contributed by atoms with Gasteiger partial charge in [-0.3, -0.25) is 0 Å². The van der Waals surface area contributed by atoms with Crippen LogP contribution in [0.5, 0.6) is 5.75 Å². The fourth-order valence-corrected chi connectivity index (χ4v) is 1.83. The molecule has 1 N–H and O–H groups in total. The average molecular weight is 301 g/mol. The van der Waals surface area contributed by atoms with Gasteiger partial charge in [0.05, 0.1) is 4.47 Å². The first-order chi connectivity index (χ1) is 6.83. The molecule has 1 aromatic carbocycles. The molecule has 0 bridgehead atoms. The van der Waals surface area contributed by atoms with Crippen LogP contribution in [-0.4, -0.2) is 11.1 Å². The predicted octanol–water partition coefficient (Wildman–Crippen LogP) is 3.54. The van der Waals surface area contributed by atoms with Gasteiger partial charge in [0.25, 0.3) is 0 Å². The molecule has 0 saturated heterocycles. The first-order valence-corrected chi connectivity index (χ1v) is 6.33. The Morgan fingerprint density at radius 2 is 2.13 bits per heavy atom. The molecule has 0 aliphatic carbocycles. The zero-order valence-electron chi connectivity index (χ0n) is 7.65. The van der Waals surface area contributed by atoms with Crippen LogP contribution in [0.25, 0.3) is 0 Å². The summed E-state index contributed by atoms with van der Waals surface area (Å²) in [7, 11) is -4.90. The van der Waals surface area contributed by atoms with Gasteiger partial charge >= 0.3 is 13.8 Å². The van der Waals surface area contributed by atoms with E-state index in [0.29, 0.717) is 4.47 Å². The van der Waals surface area contributed by atoms with Crippen LogP contribution < -0.4 is 4.52 Å². The van der Waals surface area contributed by atoms with E-state index < -0.39 is 13.8 Å². The fourth-order valence-electron chi connectivity index (χ4n) is 0.861. The molecule has 0 heterocycles. The zero-order chi connectivity index (χ0) is 11.6.